The summed E-state index contributed by atoms with van der Waals surface area (Å²) in [6.07, 6.45) is 4.87. The molecule has 1 aromatic heterocycles. The normalized spacial score (nSPS) is 16.8. The zero-order chi connectivity index (χ0) is 21.6. The quantitative estimate of drug-likeness (QED) is 0.570. The lowest BCUT2D eigenvalue weighted by atomic mass is 9.93. The molecule has 1 fully saturated rings. The Morgan fingerprint density at radius 3 is 2.52 bits per heavy atom. The SMILES string of the molecule is O=C(CN1CCC[C@@H](c2ccc(Cc3ccc(Cl)cc3)cn2)C1)Nc1ccc(F)cc1. The van der Waals surface area contributed by atoms with Crippen LogP contribution in [0.2, 0.25) is 5.02 Å². The monoisotopic (exact) mass is 437 g/mol. The number of amides is 1. The van der Waals surface area contributed by atoms with Crippen LogP contribution in [0.5, 0.6) is 0 Å². The zero-order valence-corrected chi connectivity index (χ0v) is 18.0. The minimum atomic E-state index is -0.316. The Morgan fingerprint density at radius 1 is 1.06 bits per heavy atom. The third-order valence-electron chi connectivity index (χ3n) is 5.59. The average molecular weight is 438 g/mol. The van der Waals surface area contributed by atoms with Crippen molar-refractivity contribution in [2.24, 2.45) is 0 Å². The number of nitrogens with one attached hydrogen (secondary N) is 1. The summed E-state index contributed by atoms with van der Waals surface area (Å²) >= 11 is 5.96. The van der Waals surface area contributed by atoms with Gasteiger partial charge in [-0.05, 0) is 79.4 Å². The minimum absolute atomic E-state index is 0.0847. The van der Waals surface area contributed by atoms with Gasteiger partial charge in [0.15, 0.2) is 0 Å². The molecule has 6 heteroatoms. The molecular weight excluding hydrogens is 413 g/mol. The first-order chi connectivity index (χ1) is 15.0. The molecule has 0 spiro atoms. The number of pyridine rings is 1. The summed E-state index contributed by atoms with van der Waals surface area (Å²) in [7, 11) is 0. The van der Waals surface area contributed by atoms with Gasteiger partial charge in [0, 0.05) is 35.1 Å². The highest BCUT2D eigenvalue weighted by atomic mass is 35.5. The van der Waals surface area contributed by atoms with Gasteiger partial charge in [-0.1, -0.05) is 29.8 Å². The van der Waals surface area contributed by atoms with E-state index in [9.17, 15) is 9.18 Å². The van der Waals surface area contributed by atoms with E-state index < -0.39 is 0 Å². The third-order valence-corrected chi connectivity index (χ3v) is 5.84. The molecule has 1 amide bonds. The highest BCUT2D eigenvalue weighted by Gasteiger charge is 2.23. The summed E-state index contributed by atoms with van der Waals surface area (Å²) in [6.45, 7) is 2.02. The second-order valence-corrected chi connectivity index (χ2v) is 8.46. The van der Waals surface area contributed by atoms with Gasteiger partial charge in [0.2, 0.25) is 5.91 Å². The van der Waals surface area contributed by atoms with Gasteiger partial charge < -0.3 is 5.32 Å². The molecule has 0 unspecified atom stereocenters. The predicted molar refractivity (Wildman–Crippen MR) is 122 cm³/mol. The predicted octanol–water partition coefficient (Wildman–Crippen LogP) is 5.28. The number of likely N-dealkylation sites (tertiary alicyclic amines) is 1. The molecule has 2 aromatic carbocycles. The van der Waals surface area contributed by atoms with E-state index >= 15 is 0 Å². The van der Waals surface area contributed by atoms with Gasteiger partial charge in [0.25, 0.3) is 0 Å². The van der Waals surface area contributed by atoms with E-state index in [1.807, 2.05) is 30.5 Å². The molecule has 0 radical (unpaired) electrons. The summed E-state index contributed by atoms with van der Waals surface area (Å²) in [5, 5.41) is 3.58. The lowest BCUT2D eigenvalue weighted by molar-refractivity contribution is -0.117. The van der Waals surface area contributed by atoms with Crippen molar-refractivity contribution in [1.82, 2.24) is 9.88 Å². The number of anilines is 1. The number of aromatic nitrogens is 1. The highest BCUT2D eigenvalue weighted by molar-refractivity contribution is 6.30. The summed E-state index contributed by atoms with van der Waals surface area (Å²) in [5.41, 5.74) is 4.05. The van der Waals surface area contributed by atoms with Crippen LogP contribution in [0.1, 0.15) is 35.6 Å². The first-order valence-corrected chi connectivity index (χ1v) is 10.9. The highest BCUT2D eigenvalue weighted by Crippen LogP contribution is 2.26. The molecule has 0 aliphatic carbocycles. The summed E-state index contributed by atoms with van der Waals surface area (Å²) in [5.74, 6) is -0.0842. The smallest absolute Gasteiger partial charge is 0.238 e. The van der Waals surface area contributed by atoms with Crippen molar-refractivity contribution in [2.75, 3.05) is 25.0 Å². The number of nitrogens with zero attached hydrogens (tertiary/aromatic N) is 2. The molecule has 1 N–H and O–H groups in total. The number of piperidine rings is 1. The van der Waals surface area contributed by atoms with E-state index in [2.05, 4.69) is 22.3 Å². The van der Waals surface area contributed by atoms with Crippen LogP contribution in [0, 0.1) is 5.82 Å². The van der Waals surface area contributed by atoms with Gasteiger partial charge in [-0.2, -0.15) is 0 Å². The number of halogens is 2. The van der Waals surface area contributed by atoms with Gasteiger partial charge in [-0.3, -0.25) is 14.7 Å². The zero-order valence-electron chi connectivity index (χ0n) is 17.2. The van der Waals surface area contributed by atoms with Crippen molar-refractivity contribution in [3.05, 3.63) is 94.5 Å². The fourth-order valence-electron chi connectivity index (χ4n) is 4.00. The topological polar surface area (TPSA) is 45.2 Å². The minimum Gasteiger partial charge on any atom is -0.325 e. The van der Waals surface area contributed by atoms with Crippen molar-refractivity contribution in [1.29, 1.82) is 0 Å². The van der Waals surface area contributed by atoms with Crippen molar-refractivity contribution >= 4 is 23.2 Å². The van der Waals surface area contributed by atoms with Crippen LogP contribution in [0.3, 0.4) is 0 Å². The second kappa shape index (κ2) is 10.0. The van der Waals surface area contributed by atoms with E-state index in [0.717, 1.165) is 48.6 Å². The molecule has 0 saturated carbocycles. The molecule has 31 heavy (non-hydrogen) atoms. The molecular formula is C25H25ClFN3O. The average Bonchev–Trinajstić information content (AvgIpc) is 2.78. The fourth-order valence-corrected chi connectivity index (χ4v) is 4.12. The third kappa shape index (κ3) is 6.12. The summed E-state index contributed by atoms with van der Waals surface area (Å²) < 4.78 is 13.0. The van der Waals surface area contributed by atoms with Gasteiger partial charge in [0.1, 0.15) is 5.82 Å². The van der Waals surface area contributed by atoms with Crippen molar-refractivity contribution < 1.29 is 9.18 Å². The molecule has 3 aromatic rings. The van der Waals surface area contributed by atoms with Gasteiger partial charge in [0.05, 0.1) is 6.54 Å². The standard InChI is InChI=1S/C25H25ClFN3O/c26-21-6-3-18(4-7-21)14-19-5-12-24(28-15-19)20-2-1-13-30(16-20)17-25(31)29-23-10-8-22(27)9-11-23/h3-12,15,20H,1-2,13-14,16-17H2,(H,29,31)/t20-/m1/s1. The molecule has 1 saturated heterocycles. The van der Waals surface area contributed by atoms with Crippen molar-refractivity contribution in [3.63, 3.8) is 0 Å². The van der Waals surface area contributed by atoms with Crippen LogP contribution in [-0.2, 0) is 11.2 Å². The second-order valence-electron chi connectivity index (χ2n) is 8.02. The van der Waals surface area contributed by atoms with Gasteiger partial charge >= 0.3 is 0 Å². The Balaban J connectivity index is 1.31. The number of hydrogen-bond donors (Lipinski definition) is 1. The first-order valence-electron chi connectivity index (χ1n) is 10.5. The Hall–Kier alpha value is -2.76. The molecule has 2 heterocycles. The Labute approximate surface area is 187 Å². The lowest BCUT2D eigenvalue weighted by Gasteiger charge is -2.32. The summed E-state index contributed by atoms with van der Waals surface area (Å²) in [4.78, 5) is 19.3. The van der Waals surface area contributed by atoms with E-state index in [4.69, 9.17) is 16.6 Å². The first kappa shape index (κ1) is 21.5. The largest absolute Gasteiger partial charge is 0.325 e. The van der Waals surface area contributed by atoms with Crippen molar-refractivity contribution in [3.8, 4) is 0 Å². The number of hydrogen-bond acceptors (Lipinski definition) is 3. The van der Waals surface area contributed by atoms with E-state index in [1.165, 1.54) is 17.7 Å². The van der Waals surface area contributed by atoms with E-state index in [0.29, 0.717) is 18.2 Å². The number of carbonyl (C=O) groups excluding carboxylic acids is 1. The molecule has 4 rings (SSSR count). The fraction of sp³-hybridized carbons (Fsp3) is 0.280. The van der Waals surface area contributed by atoms with Crippen LogP contribution in [0.4, 0.5) is 10.1 Å². The summed E-state index contributed by atoms with van der Waals surface area (Å²) in [6, 6.07) is 17.9. The van der Waals surface area contributed by atoms with E-state index in [-0.39, 0.29) is 11.7 Å². The molecule has 160 valence electrons. The lowest BCUT2D eigenvalue weighted by Crippen LogP contribution is -2.40. The maximum absolute atomic E-state index is 13.0. The van der Waals surface area contributed by atoms with Crippen LogP contribution >= 0.6 is 11.6 Å². The molecule has 4 nitrogen and oxygen atoms in total. The molecule has 1 atom stereocenters. The van der Waals surface area contributed by atoms with Crippen LogP contribution in [-0.4, -0.2) is 35.4 Å². The molecule has 1 aliphatic heterocycles. The van der Waals surface area contributed by atoms with Crippen LogP contribution in [0.25, 0.3) is 0 Å². The Bertz CT molecular complexity index is 1010. The van der Waals surface area contributed by atoms with Crippen LogP contribution < -0.4 is 5.32 Å². The van der Waals surface area contributed by atoms with Gasteiger partial charge in [-0.25, -0.2) is 4.39 Å². The van der Waals surface area contributed by atoms with Crippen molar-refractivity contribution in [2.45, 2.75) is 25.2 Å². The van der Waals surface area contributed by atoms with Gasteiger partial charge in [-0.15, -0.1) is 0 Å². The number of rotatable bonds is 6. The molecule has 1 aliphatic rings. The maximum Gasteiger partial charge on any atom is 0.238 e. The number of carbonyl (C=O) groups is 1. The number of benzene rings is 2. The van der Waals surface area contributed by atoms with E-state index in [1.54, 1.807) is 12.1 Å². The Morgan fingerprint density at radius 2 is 1.81 bits per heavy atom. The maximum atomic E-state index is 13.0. The van der Waals surface area contributed by atoms with Crippen LogP contribution in [0.15, 0.2) is 66.9 Å². The molecule has 0 bridgehead atoms. The Kier molecular flexibility index (Phi) is 6.95.